The maximum absolute atomic E-state index is 11.5. The molecule has 2 nitrogen and oxygen atoms in total. The van der Waals surface area contributed by atoms with Crippen LogP contribution >= 0.6 is 0 Å². The first-order valence-electron chi connectivity index (χ1n) is 9.32. The van der Waals surface area contributed by atoms with Gasteiger partial charge >= 0.3 is 0 Å². The van der Waals surface area contributed by atoms with Gasteiger partial charge in [-0.3, -0.25) is 4.79 Å². The van der Waals surface area contributed by atoms with Gasteiger partial charge in [0.15, 0.2) is 6.29 Å². The molecule has 0 saturated heterocycles. The Morgan fingerprint density at radius 3 is 2.33 bits per heavy atom. The minimum atomic E-state index is 0.798. The average molecular weight is 321 g/mol. The van der Waals surface area contributed by atoms with Crippen molar-refractivity contribution in [1.29, 1.82) is 0 Å². The minimum Gasteiger partial charge on any atom is -0.340 e. The summed E-state index contributed by atoms with van der Waals surface area (Å²) in [7, 11) is 0. The molecule has 0 atom stereocenters. The highest BCUT2D eigenvalue weighted by Gasteiger charge is 2.12. The summed E-state index contributed by atoms with van der Waals surface area (Å²) in [4.78, 5) is 11.5. The number of aryl methyl sites for hydroxylation is 1. The molecule has 0 radical (unpaired) electrons. The quantitative estimate of drug-likeness (QED) is 0.332. The van der Waals surface area contributed by atoms with Crippen molar-refractivity contribution < 1.29 is 4.79 Å². The van der Waals surface area contributed by atoms with Crippen LogP contribution in [0.5, 0.6) is 0 Å². The largest absolute Gasteiger partial charge is 0.340 e. The van der Waals surface area contributed by atoms with Crippen LogP contribution in [0.1, 0.15) is 62.2 Å². The lowest BCUT2D eigenvalue weighted by Gasteiger charge is -2.09. The SMILES string of the molecule is CCCCCCCCCn1c2ccccc2c2cccc(C=O)c21. The summed E-state index contributed by atoms with van der Waals surface area (Å²) in [5, 5.41) is 2.44. The molecule has 24 heavy (non-hydrogen) atoms. The number of nitrogens with zero attached hydrogens (tertiary/aromatic N) is 1. The lowest BCUT2D eigenvalue weighted by molar-refractivity contribution is 0.112. The Labute approximate surface area is 144 Å². The van der Waals surface area contributed by atoms with E-state index < -0.39 is 0 Å². The van der Waals surface area contributed by atoms with Crippen molar-refractivity contribution in [2.75, 3.05) is 0 Å². The smallest absolute Gasteiger partial charge is 0.152 e. The molecule has 126 valence electrons. The van der Waals surface area contributed by atoms with Crippen molar-refractivity contribution >= 4 is 28.1 Å². The normalized spacial score (nSPS) is 11.4. The second-order valence-electron chi connectivity index (χ2n) is 6.65. The number of para-hydroxylation sites is 2. The highest BCUT2D eigenvalue weighted by atomic mass is 16.1. The molecule has 0 N–H and O–H groups in total. The summed E-state index contributed by atoms with van der Waals surface area (Å²) >= 11 is 0. The number of aldehydes is 1. The van der Waals surface area contributed by atoms with Gasteiger partial charge in [0, 0.05) is 28.4 Å². The zero-order chi connectivity index (χ0) is 16.8. The van der Waals surface area contributed by atoms with Crippen LogP contribution < -0.4 is 0 Å². The van der Waals surface area contributed by atoms with E-state index in [-0.39, 0.29) is 0 Å². The summed E-state index contributed by atoms with van der Waals surface area (Å²) in [5.74, 6) is 0. The predicted molar refractivity (Wildman–Crippen MR) is 103 cm³/mol. The van der Waals surface area contributed by atoms with Crippen LogP contribution in [-0.4, -0.2) is 10.9 Å². The highest BCUT2D eigenvalue weighted by Crippen LogP contribution is 2.31. The van der Waals surface area contributed by atoms with E-state index in [2.05, 4.69) is 41.8 Å². The van der Waals surface area contributed by atoms with Crippen molar-refractivity contribution in [3.8, 4) is 0 Å². The Hall–Kier alpha value is -2.09. The van der Waals surface area contributed by atoms with Gasteiger partial charge in [-0.2, -0.15) is 0 Å². The fourth-order valence-electron chi connectivity index (χ4n) is 3.69. The molecule has 0 saturated carbocycles. The minimum absolute atomic E-state index is 0.798. The zero-order valence-electron chi connectivity index (χ0n) is 14.6. The predicted octanol–water partition coefficient (Wildman–Crippen LogP) is 6.36. The Kier molecular flexibility index (Phi) is 5.68. The van der Waals surface area contributed by atoms with Gasteiger partial charge in [0.05, 0.1) is 5.52 Å². The van der Waals surface area contributed by atoms with Gasteiger partial charge in [0.25, 0.3) is 0 Å². The molecule has 0 aliphatic rings. The second-order valence-corrected chi connectivity index (χ2v) is 6.65. The fraction of sp³-hybridized carbons (Fsp3) is 0.409. The fourth-order valence-corrected chi connectivity index (χ4v) is 3.69. The third-order valence-electron chi connectivity index (χ3n) is 4.93. The zero-order valence-corrected chi connectivity index (χ0v) is 14.6. The third kappa shape index (κ3) is 3.38. The van der Waals surface area contributed by atoms with Gasteiger partial charge in [-0.15, -0.1) is 0 Å². The van der Waals surface area contributed by atoms with Crippen molar-refractivity contribution in [2.45, 2.75) is 58.4 Å². The Balaban J connectivity index is 1.81. The number of hydrogen-bond donors (Lipinski definition) is 0. The van der Waals surface area contributed by atoms with Crippen LogP contribution in [0.25, 0.3) is 21.8 Å². The topological polar surface area (TPSA) is 22.0 Å². The molecule has 0 spiro atoms. The number of carbonyl (C=O) groups is 1. The first kappa shape index (κ1) is 16.8. The van der Waals surface area contributed by atoms with Gasteiger partial charge in [-0.05, 0) is 18.6 Å². The number of unbranched alkanes of at least 4 members (excludes halogenated alkanes) is 6. The molecular weight excluding hydrogens is 294 g/mol. The Morgan fingerprint density at radius 1 is 0.833 bits per heavy atom. The van der Waals surface area contributed by atoms with E-state index in [0.29, 0.717) is 0 Å². The molecule has 0 aliphatic carbocycles. The number of carbonyl (C=O) groups excluding carboxylic acids is 1. The number of aromatic nitrogens is 1. The van der Waals surface area contributed by atoms with E-state index in [1.165, 1.54) is 61.2 Å². The van der Waals surface area contributed by atoms with E-state index in [4.69, 9.17) is 0 Å². The molecule has 0 aliphatic heterocycles. The van der Waals surface area contributed by atoms with Crippen molar-refractivity contribution in [1.82, 2.24) is 4.57 Å². The first-order chi connectivity index (χ1) is 11.9. The van der Waals surface area contributed by atoms with Crippen LogP contribution in [-0.2, 0) is 6.54 Å². The lowest BCUT2D eigenvalue weighted by atomic mass is 10.1. The molecule has 3 rings (SSSR count). The monoisotopic (exact) mass is 321 g/mol. The molecule has 0 fully saturated rings. The van der Waals surface area contributed by atoms with Gasteiger partial charge in [0.2, 0.25) is 0 Å². The van der Waals surface area contributed by atoms with Crippen molar-refractivity contribution in [2.24, 2.45) is 0 Å². The van der Waals surface area contributed by atoms with Crippen molar-refractivity contribution in [3.63, 3.8) is 0 Å². The number of fused-ring (bicyclic) bond motifs is 3. The van der Waals surface area contributed by atoms with Gasteiger partial charge in [0.1, 0.15) is 0 Å². The lowest BCUT2D eigenvalue weighted by Crippen LogP contribution is -2.00. The van der Waals surface area contributed by atoms with Crippen molar-refractivity contribution in [3.05, 3.63) is 48.0 Å². The molecule has 0 unspecified atom stereocenters. The molecule has 0 bridgehead atoms. The van der Waals surface area contributed by atoms with Crippen LogP contribution in [0.3, 0.4) is 0 Å². The van der Waals surface area contributed by atoms with Crippen LogP contribution in [0.2, 0.25) is 0 Å². The maximum Gasteiger partial charge on any atom is 0.152 e. The third-order valence-corrected chi connectivity index (χ3v) is 4.93. The van der Waals surface area contributed by atoms with Gasteiger partial charge in [-0.1, -0.05) is 75.8 Å². The molecular formula is C22H27NO. The second kappa shape index (κ2) is 8.14. The Bertz CT molecular complexity index is 815. The number of rotatable bonds is 9. The molecule has 2 heteroatoms. The molecule has 2 aromatic carbocycles. The highest BCUT2D eigenvalue weighted by molar-refractivity contribution is 6.12. The molecule has 1 heterocycles. The van der Waals surface area contributed by atoms with Gasteiger partial charge in [-0.25, -0.2) is 0 Å². The molecule has 3 aromatic rings. The number of benzene rings is 2. The standard InChI is InChI=1S/C22H27NO/c1-2-3-4-5-6-7-10-16-23-21-15-9-8-13-19(21)20-14-11-12-18(17-24)22(20)23/h8-9,11-15,17H,2-7,10,16H2,1H3. The summed E-state index contributed by atoms with van der Waals surface area (Å²) in [6.45, 7) is 3.25. The summed E-state index contributed by atoms with van der Waals surface area (Å²) < 4.78 is 2.35. The van der Waals surface area contributed by atoms with E-state index >= 15 is 0 Å². The summed E-state index contributed by atoms with van der Waals surface area (Å²) in [5.41, 5.74) is 3.14. The Morgan fingerprint density at radius 2 is 1.54 bits per heavy atom. The average Bonchev–Trinajstić information content (AvgIpc) is 2.95. The van der Waals surface area contributed by atoms with Crippen LogP contribution in [0, 0.1) is 0 Å². The van der Waals surface area contributed by atoms with Crippen LogP contribution in [0.15, 0.2) is 42.5 Å². The van der Waals surface area contributed by atoms with Gasteiger partial charge < -0.3 is 4.57 Å². The summed E-state index contributed by atoms with van der Waals surface area (Å²) in [6.07, 6.45) is 10.1. The summed E-state index contributed by atoms with van der Waals surface area (Å²) in [6, 6.07) is 14.5. The molecule has 1 aromatic heterocycles. The van der Waals surface area contributed by atoms with E-state index in [1.54, 1.807) is 0 Å². The maximum atomic E-state index is 11.5. The molecule has 0 amide bonds. The van der Waals surface area contributed by atoms with Crippen LogP contribution in [0.4, 0.5) is 0 Å². The van der Waals surface area contributed by atoms with E-state index in [9.17, 15) is 4.79 Å². The number of hydrogen-bond acceptors (Lipinski definition) is 1. The van der Waals surface area contributed by atoms with E-state index in [0.717, 1.165) is 23.9 Å². The van der Waals surface area contributed by atoms with E-state index in [1.807, 2.05) is 12.1 Å². The first-order valence-corrected chi connectivity index (χ1v) is 9.32.